The van der Waals surface area contributed by atoms with E-state index in [0.29, 0.717) is 13.2 Å². The first kappa shape index (κ1) is 14.0. The highest BCUT2D eigenvalue weighted by atomic mass is 32.2. The molecule has 1 heterocycles. The number of fused-ring (bicyclic) bond motifs is 1. The van der Waals surface area contributed by atoms with Crippen LogP contribution in [-0.2, 0) is 0 Å². The van der Waals surface area contributed by atoms with Gasteiger partial charge in [0.15, 0.2) is 11.5 Å². The van der Waals surface area contributed by atoms with Crippen LogP contribution in [0.2, 0.25) is 0 Å². The van der Waals surface area contributed by atoms with Crippen molar-refractivity contribution < 1.29 is 9.47 Å². The largest absolute Gasteiger partial charge is 0.486 e. The Bertz CT molecular complexity index is 449. The molecule has 3 N–H and O–H groups in total. The lowest BCUT2D eigenvalue weighted by Gasteiger charge is -2.22. The number of hydrogen-bond acceptors (Lipinski definition) is 5. The number of benzene rings is 1. The molecule has 1 saturated carbocycles. The van der Waals surface area contributed by atoms with Crippen LogP contribution in [0, 0.1) is 0 Å². The molecule has 5 heteroatoms. The molecule has 0 radical (unpaired) electrons. The van der Waals surface area contributed by atoms with Gasteiger partial charge in [-0.1, -0.05) is 18.9 Å². The summed E-state index contributed by atoms with van der Waals surface area (Å²) < 4.78 is 11.2. The van der Waals surface area contributed by atoms with Gasteiger partial charge in [0, 0.05) is 11.0 Å². The van der Waals surface area contributed by atoms with Crippen LogP contribution in [0.5, 0.6) is 11.5 Å². The van der Waals surface area contributed by atoms with Crippen molar-refractivity contribution in [1.82, 2.24) is 5.43 Å². The maximum absolute atomic E-state index is 5.73. The lowest BCUT2D eigenvalue weighted by molar-refractivity contribution is 0.171. The van der Waals surface area contributed by atoms with Crippen molar-refractivity contribution in [2.45, 2.75) is 37.0 Å². The van der Waals surface area contributed by atoms with Gasteiger partial charge in [-0.05, 0) is 30.5 Å². The van der Waals surface area contributed by atoms with Gasteiger partial charge in [-0.15, -0.1) is 0 Å². The van der Waals surface area contributed by atoms with Gasteiger partial charge in [-0.3, -0.25) is 11.3 Å². The molecule has 0 amide bonds. The zero-order valence-electron chi connectivity index (χ0n) is 11.6. The third kappa shape index (κ3) is 3.22. The molecule has 3 rings (SSSR count). The number of nitrogens with two attached hydrogens (primary N) is 1. The first-order valence-electron chi connectivity index (χ1n) is 7.34. The van der Waals surface area contributed by atoms with E-state index in [4.69, 9.17) is 15.3 Å². The molecule has 1 fully saturated rings. The van der Waals surface area contributed by atoms with E-state index in [1.165, 1.54) is 31.2 Å². The second kappa shape index (κ2) is 6.70. The van der Waals surface area contributed by atoms with Crippen molar-refractivity contribution in [1.29, 1.82) is 0 Å². The minimum Gasteiger partial charge on any atom is -0.486 e. The van der Waals surface area contributed by atoms with Crippen LogP contribution in [0.25, 0.3) is 0 Å². The topological polar surface area (TPSA) is 56.5 Å². The van der Waals surface area contributed by atoms with E-state index in [2.05, 4.69) is 11.5 Å². The third-order valence-corrected chi connectivity index (χ3v) is 5.44. The Hall–Kier alpha value is -0.910. The normalized spacial score (nSPS) is 20.1. The van der Waals surface area contributed by atoms with Gasteiger partial charge in [0.05, 0.1) is 6.04 Å². The lowest BCUT2D eigenvalue weighted by atomic mass is 10.1. The Kier molecular flexibility index (Phi) is 4.70. The summed E-state index contributed by atoms with van der Waals surface area (Å²) in [4.78, 5) is 0. The lowest BCUT2D eigenvalue weighted by Crippen LogP contribution is -2.30. The molecule has 0 bridgehead atoms. The fraction of sp³-hybridized carbons (Fsp3) is 0.600. The van der Waals surface area contributed by atoms with Gasteiger partial charge in [0.25, 0.3) is 0 Å². The Morgan fingerprint density at radius 3 is 2.70 bits per heavy atom. The molecular formula is C15H22N2O2S. The number of hydrazine groups is 1. The molecular weight excluding hydrogens is 272 g/mol. The minimum atomic E-state index is 0.163. The summed E-state index contributed by atoms with van der Waals surface area (Å²) in [5.74, 6) is 8.40. The number of thioether (sulfide) groups is 1. The van der Waals surface area contributed by atoms with Gasteiger partial charge in [0.2, 0.25) is 0 Å². The van der Waals surface area contributed by atoms with Crippen LogP contribution < -0.4 is 20.7 Å². The summed E-state index contributed by atoms with van der Waals surface area (Å²) in [7, 11) is 0. The molecule has 1 aromatic carbocycles. The van der Waals surface area contributed by atoms with Crippen LogP contribution in [0.3, 0.4) is 0 Å². The summed E-state index contributed by atoms with van der Waals surface area (Å²) in [6.45, 7) is 1.25. The highest BCUT2D eigenvalue weighted by Crippen LogP contribution is 2.35. The van der Waals surface area contributed by atoms with E-state index in [9.17, 15) is 0 Å². The van der Waals surface area contributed by atoms with E-state index in [-0.39, 0.29) is 6.04 Å². The van der Waals surface area contributed by atoms with E-state index in [1.807, 2.05) is 23.9 Å². The second-order valence-corrected chi connectivity index (χ2v) is 6.70. The SMILES string of the molecule is NNC(CSC1CCCC1)c1ccc2c(c1)OCCO2. The van der Waals surface area contributed by atoms with Crippen LogP contribution in [0.15, 0.2) is 18.2 Å². The number of nitrogens with one attached hydrogen (secondary N) is 1. The predicted octanol–water partition coefficient (Wildman–Crippen LogP) is 2.64. The van der Waals surface area contributed by atoms with Crippen molar-refractivity contribution in [2.75, 3.05) is 19.0 Å². The summed E-state index contributed by atoms with van der Waals surface area (Å²) in [6.07, 6.45) is 5.46. The van der Waals surface area contributed by atoms with E-state index in [1.54, 1.807) is 0 Å². The fourth-order valence-electron chi connectivity index (χ4n) is 2.80. The monoisotopic (exact) mass is 294 g/mol. The first-order chi connectivity index (χ1) is 9.86. The minimum absolute atomic E-state index is 0.163. The molecule has 1 unspecified atom stereocenters. The van der Waals surface area contributed by atoms with Gasteiger partial charge < -0.3 is 9.47 Å². The highest BCUT2D eigenvalue weighted by Gasteiger charge is 2.20. The summed E-state index contributed by atoms with van der Waals surface area (Å²) >= 11 is 2.03. The van der Waals surface area contributed by atoms with Crippen molar-refractivity contribution in [3.63, 3.8) is 0 Å². The molecule has 0 saturated heterocycles. The molecule has 110 valence electrons. The molecule has 1 aliphatic carbocycles. The average molecular weight is 294 g/mol. The van der Waals surface area contributed by atoms with Gasteiger partial charge in [-0.25, -0.2) is 0 Å². The zero-order chi connectivity index (χ0) is 13.8. The van der Waals surface area contributed by atoms with E-state index < -0.39 is 0 Å². The Morgan fingerprint density at radius 2 is 1.95 bits per heavy atom. The zero-order valence-corrected chi connectivity index (χ0v) is 12.5. The quantitative estimate of drug-likeness (QED) is 0.646. The van der Waals surface area contributed by atoms with Gasteiger partial charge in [0.1, 0.15) is 13.2 Å². The maximum Gasteiger partial charge on any atom is 0.161 e. The van der Waals surface area contributed by atoms with Crippen molar-refractivity contribution in [2.24, 2.45) is 5.84 Å². The predicted molar refractivity (Wildman–Crippen MR) is 82.2 cm³/mol. The molecule has 1 aliphatic heterocycles. The van der Waals surface area contributed by atoms with E-state index in [0.717, 1.165) is 22.5 Å². The summed E-state index contributed by atoms with van der Waals surface area (Å²) in [5, 5.41) is 0.808. The van der Waals surface area contributed by atoms with Crippen LogP contribution in [0.4, 0.5) is 0 Å². The summed E-state index contributed by atoms with van der Waals surface area (Å²) in [6, 6.07) is 6.27. The van der Waals surface area contributed by atoms with Crippen LogP contribution in [0.1, 0.15) is 37.3 Å². The molecule has 20 heavy (non-hydrogen) atoms. The average Bonchev–Trinajstić information content (AvgIpc) is 3.01. The molecule has 1 aromatic rings. The van der Waals surface area contributed by atoms with Crippen LogP contribution in [-0.4, -0.2) is 24.2 Å². The van der Waals surface area contributed by atoms with Crippen molar-refractivity contribution in [3.05, 3.63) is 23.8 Å². The Balaban J connectivity index is 1.65. The number of ether oxygens (including phenoxy) is 2. The molecule has 0 aromatic heterocycles. The molecule has 4 nitrogen and oxygen atoms in total. The van der Waals surface area contributed by atoms with Crippen molar-refractivity contribution >= 4 is 11.8 Å². The molecule has 1 atom stereocenters. The highest BCUT2D eigenvalue weighted by molar-refractivity contribution is 7.99. The number of rotatable bonds is 5. The Labute approximate surface area is 124 Å². The third-order valence-electron chi connectivity index (χ3n) is 3.97. The summed E-state index contributed by atoms with van der Waals surface area (Å²) in [5.41, 5.74) is 4.10. The molecule has 2 aliphatic rings. The smallest absolute Gasteiger partial charge is 0.161 e. The van der Waals surface area contributed by atoms with Crippen LogP contribution >= 0.6 is 11.8 Å². The first-order valence-corrected chi connectivity index (χ1v) is 8.39. The molecule has 0 spiro atoms. The fourth-order valence-corrected chi connectivity index (χ4v) is 4.22. The second-order valence-electron chi connectivity index (χ2n) is 5.36. The van der Waals surface area contributed by atoms with E-state index >= 15 is 0 Å². The number of hydrogen-bond donors (Lipinski definition) is 2. The van der Waals surface area contributed by atoms with Gasteiger partial charge >= 0.3 is 0 Å². The standard InChI is InChI=1S/C15H22N2O2S/c16-17-13(10-20-12-3-1-2-4-12)11-5-6-14-15(9-11)19-8-7-18-14/h5-6,9,12-13,17H,1-4,7-8,10,16H2. The van der Waals surface area contributed by atoms with Crippen molar-refractivity contribution in [3.8, 4) is 11.5 Å². The van der Waals surface area contributed by atoms with Gasteiger partial charge in [-0.2, -0.15) is 11.8 Å². The maximum atomic E-state index is 5.73. The Morgan fingerprint density at radius 1 is 1.20 bits per heavy atom.